The van der Waals surface area contributed by atoms with Crippen molar-refractivity contribution in [1.82, 2.24) is 19.4 Å². The molecule has 3 heterocycles. The molecule has 36 heavy (non-hydrogen) atoms. The number of anilines is 1. The van der Waals surface area contributed by atoms with Crippen LogP contribution in [-0.2, 0) is 17.8 Å². The molecule has 0 bridgehead atoms. The van der Waals surface area contributed by atoms with Crippen LogP contribution in [0.1, 0.15) is 57.5 Å². The number of rotatable bonds is 7. The first kappa shape index (κ1) is 24.8. The zero-order chi connectivity index (χ0) is 25.1. The van der Waals surface area contributed by atoms with E-state index in [1.165, 1.54) is 23.2 Å². The molecular formula is C30H41N5O. The summed E-state index contributed by atoms with van der Waals surface area (Å²) in [5, 5.41) is 0. The Kier molecular flexibility index (Phi) is 7.61. The Balaban J connectivity index is 1.12. The summed E-state index contributed by atoms with van der Waals surface area (Å²) < 4.78 is 2.36. The number of nitrogens with zero attached hydrogens (tertiary/aromatic N) is 5. The lowest BCUT2D eigenvalue weighted by molar-refractivity contribution is -0.137. The second-order valence-corrected chi connectivity index (χ2v) is 10.8. The van der Waals surface area contributed by atoms with E-state index in [-0.39, 0.29) is 5.92 Å². The lowest BCUT2D eigenvalue weighted by atomic mass is 9.95. The van der Waals surface area contributed by atoms with Crippen molar-refractivity contribution in [2.75, 3.05) is 44.2 Å². The zero-order valence-electron chi connectivity index (χ0n) is 22.2. The lowest BCUT2D eigenvalue weighted by Crippen LogP contribution is -2.51. The van der Waals surface area contributed by atoms with Gasteiger partial charge in [-0.1, -0.05) is 37.6 Å². The maximum atomic E-state index is 13.3. The topological polar surface area (TPSA) is 44.6 Å². The predicted octanol–water partition coefficient (Wildman–Crippen LogP) is 5.13. The monoisotopic (exact) mass is 487 g/mol. The van der Waals surface area contributed by atoms with Gasteiger partial charge in [0.05, 0.1) is 17.6 Å². The number of para-hydroxylation sites is 2. The second kappa shape index (κ2) is 11.0. The molecule has 3 aromatic rings. The molecule has 2 aliphatic heterocycles. The minimum Gasteiger partial charge on any atom is -0.368 e. The van der Waals surface area contributed by atoms with E-state index in [1.807, 2.05) is 0 Å². The molecule has 0 unspecified atom stereocenters. The number of hydrogen-bond acceptors (Lipinski definition) is 4. The normalized spacial score (nSPS) is 17.9. The van der Waals surface area contributed by atoms with E-state index < -0.39 is 0 Å². The van der Waals surface area contributed by atoms with Crippen molar-refractivity contribution in [3.05, 3.63) is 59.9 Å². The largest absolute Gasteiger partial charge is 0.368 e. The van der Waals surface area contributed by atoms with E-state index in [0.717, 1.165) is 76.4 Å². The summed E-state index contributed by atoms with van der Waals surface area (Å²) in [5.74, 6) is 1.65. The van der Waals surface area contributed by atoms with Crippen LogP contribution in [-0.4, -0.2) is 64.5 Å². The quantitative estimate of drug-likeness (QED) is 0.463. The summed E-state index contributed by atoms with van der Waals surface area (Å²) in [6.45, 7) is 12.9. The molecule has 0 N–H and O–H groups in total. The Morgan fingerprint density at radius 3 is 2.31 bits per heavy atom. The third-order valence-corrected chi connectivity index (χ3v) is 7.92. The van der Waals surface area contributed by atoms with Crippen LogP contribution in [0, 0.1) is 5.92 Å². The number of amides is 1. The number of imidazole rings is 1. The molecule has 6 heteroatoms. The molecule has 0 atom stereocenters. The van der Waals surface area contributed by atoms with Crippen LogP contribution in [0.25, 0.3) is 11.0 Å². The highest BCUT2D eigenvalue weighted by molar-refractivity contribution is 5.79. The summed E-state index contributed by atoms with van der Waals surface area (Å²) in [5.41, 5.74) is 4.97. The SMILES string of the molecule is CCCc1ccc(N2CCN(C(=O)C3CCN(Cc4nc5ccccc5n4C(C)C)CC3)CC2)cc1. The van der Waals surface area contributed by atoms with Gasteiger partial charge in [-0.25, -0.2) is 4.98 Å². The molecule has 2 aliphatic rings. The molecule has 2 fully saturated rings. The molecular weight excluding hydrogens is 446 g/mol. The molecule has 6 nitrogen and oxygen atoms in total. The first-order chi connectivity index (χ1) is 17.5. The number of aromatic nitrogens is 2. The average Bonchev–Trinajstić information content (AvgIpc) is 3.27. The van der Waals surface area contributed by atoms with Crippen molar-refractivity contribution in [2.45, 2.75) is 59.0 Å². The number of carbonyl (C=O) groups excluding carboxylic acids is 1. The fourth-order valence-corrected chi connectivity index (χ4v) is 5.93. The minimum atomic E-state index is 0.157. The summed E-state index contributed by atoms with van der Waals surface area (Å²) >= 11 is 0. The molecule has 2 saturated heterocycles. The first-order valence-electron chi connectivity index (χ1n) is 13.8. The van der Waals surface area contributed by atoms with Gasteiger partial charge in [0.15, 0.2) is 0 Å². The molecule has 0 aliphatic carbocycles. The van der Waals surface area contributed by atoms with Crippen LogP contribution >= 0.6 is 0 Å². The van der Waals surface area contributed by atoms with Crippen LogP contribution < -0.4 is 4.90 Å². The van der Waals surface area contributed by atoms with Gasteiger partial charge in [0, 0.05) is 43.8 Å². The standard InChI is InChI=1S/C30H41N5O/c1-4-7-24-10-12-26(13-11-24)33-18-20-34(21-19-33)30(36)25-14-16-32(17-15-25)22-29-31-27-8-5-6-9-28(27)35(29)23(2)3/h5-6,8-13,23,25H,4,7,14-22H2,1-3H3. The van der Waals surface area contributed by atoms with Crippen molar-refractivity contribution >= 4 is 22.6 Å². The molecule has 2 aromatic carbocycles. The van der Waals surface area contributed by atoms with Crippen molar-refractivity contribution in [3.63, 3.8) is 0 Å². The Bertz CT molecular complexity index is 1150. The summed E-state index contributed by atoms with van der Waals surface area (Å²) in [7, 11) is 0. The molecule has 192 valence electrons. The highest BCUT2D eigenvalue weighted by Gasteiger charge is 2.31. The van der Waals surface area contributed by atoms with E-state index in [1.54, 1.807) is 0 Å². The Labute approximate surface area is 215 Å². The van der Waals surface area contributed by atoms with Crippen LogP contribution in [0.5, 0.6) is 0 Å². The van der Waals surface area contributed by atoms with Gasteiger partial charge in [0.1, 0.15) is 5.82 Å². The lowest BCUT2D eigenvalue weighted by Gasteiger charge is -2.39. The number of piperazine rings is 1. The smallest absolute Gasteiger partial charge is 0.225 e. The van der Waals surface area contributed by atoms with Gasteiger partial charge in [-0.3, -0.25) is 9.69 Å². The van der Waals surface area contributed by atoms with E-state index in [4.69, 9.17) is 4.98 Å². The highest BCUT2D eigenvalue weighted by atomic mass is 16.2. The van der Waals surface area contributed by atoms with Crippen LogP contribution in [0.15, 0.2) is 48.5 Å². The van der Waals surface area contributed by atoms with Gasteiger partial charge in [0.2, 0.25) is 5.91 Å². The molecule has 1 amide bonds. The summed E-state index contributed by atoms with van der Waals surface area (Å²) in [6, 6.07) is 17.8. The zero-order valence-corrected chi connectivity index (χ0v) is 22.2. The predicted molar refractivity (Wildman–Crippen MR) is 147 cm³/mol. The first-order valence-corrected chi connectivity index (χ1v) is 13.8. The Hall–Kier alpha value is -2.86. The third-order valence-electron chi connectivity index (χ3n) is 7.92. The molecule has 5 rings (SSSR count). The third kappa shape index (κ3) is 5.29. The van der Waals surface area contributed by atoms with Gasteiger partial charge in [0.25, 0.3) is 0 Å². The van der Waals surface area contributed by atoms with Gasteiger partial charge < -0.3 is 14.4 Å². The number of piperidine rings is 1. The number of likely N-dealkylation sites (tertiary alicyclic amines) is 1. The number of aryl methyl sites for hydroxylation is 1. The van der Waals surface area contributed by atoms with Gasteiger partial charge in [-0.15, -0.1) is 0 Å². The van der Waals surface area contributed by atoms with E-state index in [2.05, 4.69) is 88.6 Å². The van der Waals surface area contributed by atoms with Gasteiger partial charge >= 0.3 is 0 Å². The van der Waals surface area contributed by atoms with E-state index >= 15 is 0 Å². The maximum absolute atomic E-state index is 13.3. The Morgan fingerprint density at radius 2 is 1.64 bits per heavy atom. The summed E-state index contributed by atoms with van der Waals surface area (Å²) in [6.07, 6.45) is 4.21. The van der Waals surface area contributed by atoms with Crippen molar-refractivity contribution < 1.29 is 4.79 Å². The van der Waals surface area contributed by atoms with Crippen LogP contribution in [0.4, 0.5) is 5.69 Å². The van der Waals surface area contributed by atoms with Crippen molar-refractivity contribution in [3.8, 4) is 0 Å². The highest BCUT2D eigenvalue weighted by Crippen LogP contribution is 2.26. The number of carbonyl (C=O) groups is 1. The number of benzene rings is 2. The fraction of sp³-hybridized carbons (Fsp3) is 0.533. The maximum Gasteiger partial charge on any atom is 0.225 e. The molecule has 0 spiro atoms. The van der Waals surface area contributed by atoms with Crippen molar-refractivity contribution in [1.29, 1.82) is 0 Å². The summed E-state index contributed by atoms with van der Waals surface area (Å²) in [4.78, 5) is 25.3. The van der Waals surface area contributed by atoms with Gasteiger partial charge in [-0.05, 0) is 76.0 Å². The molecule has 1 aromatic heterocycles. The van der Waals surface area contributed by atoms with E-state index in [0.29, 0.717) is 11.9 Å². The minimum absolute atomic E-state index is 0.157. The van der Waals surface area contributed by atoms with E-state index in [9.17, 15) is 4.79 Å². The van der Waals surface area contributed by atoms with Crippen molar-refractivity contribution in [2.24, 2.45) is 5.92 Å². The van der Waals surface area contributed by atoms with Crippen LogP contribution in [0.3, 0.4) is 0 Å². The second-order valence-electron chi connectivity index (χ2n) is 10.8. The molecule has 0 radical (unpaired) electrons. The molecule has 0 saturated carbocycles. The number of fused-ring (bicyclic) bond motifs is 1. The van der Waals surface area contributed by atoms with Gasteiger partial charge in [-0.2, -0.15) is 0 Å². The Morgan fingerprint density at radius 1 is 0.944 bits per heavy atom. The average molecular weight is 488 g/mol. The fourth-order valence-electron chi connectivity index (χ4n) is 5.93. The number of hydrogen-bond donors (Lipinski definition) is 0. The van der Waals surface area contributed by atoms with Crippen LogP contribution in [0.2, 0.25) is 0 Å².